The van der Waals surface area contributed by atoms with Crippen LogP contribution in [0.4, 0.5) is 0 Å². The first kappa shape index (κ1) is 17.3. The zero-order valence-electron chi connectivity index (χ0n) is 13.4. The Morgan fingerprint density at radius 2 is 1.86 bits per heavy atom. The van der Waals surface area contributed by atoms with Crippen LogP contribution in [-0.4, -0.2) is 24.5 Å². The zero-order valence-corrected chi connectivity index (χ0v) is 15.0. The number of alkyl halides is 1. The lowest BCUT2D eigenvalue weighted by atomic mass is 9.76. The molecule has 3 nitrogen and oxygen atoms in total. The quantitative estimate of drug-likeness (QED) is 0.547. The third-order valence-corrected chi connectivity index (χ3v) is 5.14. The number of methoxy groups -OCH3 is 1. The molecule has 0 spiro atoms. The molecule has 0 aliphatic heterocycles. The SMILES string of the molecule is COC(=O)C(Br)Cc1ccc(OCC2(C)CCCCC2)cc1. The molecule has 122 valence electrons. The Bertz CT molecular complexity index is 478. The lowest BCUT2D eigenvalue weighted by Gasteiger charge is -2.33. The minimum atomic E-state index is -0.301. The zero-order chi connectivity index (χ0) is 16.0. The van der Waals surface area contributed by atoms with E-state index in [1.807, 2.05) is 24.3 Å². The van der Waals surface area contributed by atoms with Crippen LogP contribution in [0.1, 0.15) is 44.6 Å². The molecule has 0 amide bonds. The molecule has 0 radical (unpaired) electrons. The Kier molecular flexibility index (Phi) is 6.30. The fourth-order valence-corrected chi connectivity index (χ4v) is 3.51. The van der Waals surface area contributed by atoms with E-state index in [4.69, 9.17) is 9.47 Å². The van der Waals surface area contributed by atoms with Gasteiger partial charge in [0.2, 0.25) is 0 Å². The van der Waals surface area contributed by atoms with Crippen LogP contribution < -0.4 is 4.74 Å². The van der Waals surface area contributed by atoms with Gasteiger partial charge in [0.15, 0.2) is 0 Å². The van der Waals surface area contributed by atoms with Gasteiger partial charge < -0.3 is 9.47 Å². The summed E-state index contributed by atoms with van der Waals surface area (Å²) in [7, 11) is 1.40. The molecule has 0 aromatic heterocycles. The Balaban J connectivity index is 1.85. The van der Waals surface area contributed by atoms with Gasteiger partial charge in [-0.15, -0.1) is 0 Å². The van der Waals surface area contributed by atoms with Crippen LogP contribution in [0.25, 0.3) is 0 Å². The van der Waals surface area contributed by atoms with Gasteiger partial charge >= 0.3 is 5.97 Å². The van der Waals surface area contributed by atoms with Crippen molar-refractivity contribution in [2.24, 2.45) is 5.41 Å². The second kappa shape index (κ2) is 8.00. The summed E-state index contributed by atoms with van der Waals surface area (Å²) in [6, 6.07) is 7.99. The molecule has 0 saturated heterocycles. The second-order valence-corrected chi connectivity index (χ2v) is 7.60. The normalized spacial score (nSPS) is 18.5. The summed E-state index contributed by atoms with van der Waals surface area (Å²) in [4.78, 5) is 11.1. The molecule has 1 aliphatic carbocycles. The Morgan fingerprint density at radius 3 is 2.45 bits per heavy atom. The summed E-state index contributed by atoms with van der Waals surface area (Å²) < 4.78 is 10.7. The molecule has 22 heavy (non-hydrogen) atoms. The smallest absolute Gasteiger partial charge is 0.319 e. The van der Waals surface area contributed by atoms with Crippen LogP contribution in [0.5, 0.6) is 5.75 Å². The number of esters is 1. The monoisotopic (exact) mass is 368 g/mol. The summed E-state index contributed by atoms with van der Waals surface area (Å²) in [6.45, 7) is 3.11. The summed E-state index contributed by atoms with van der Waals surface area (Å²) in [5, 5.41) is 0. The minimum Gasteiger partial charge on any atom is -0.493 e. The Morgan fingerprint density at radius 1 is 1.23 bits per heavy atom. The first-order valence-corrected chi connectivity index (χ1v) is 8.88. The summed E-state index contributed by atoms with van der Waals surface area (Å²) >= 11 is 3.34. The maximum absolute atomic E-state index is 11.4. The van der Waals surface area contributed by atoms with Crippen molar-refractivity contribution in [3.8, 4) is 5.75 Å². The van der Waals surface area contributed by atoms with Crippen molar-refractivity contribution in [3.63, 3.8) is 0 Å². The van der Waals surface area contributed by atoms with E-state index in [2.05, 4.69) is 22.9 Å². The molecule has 1 aromatic rings. The highest BCUT2D eigenvalue weighted by molar-refractivity contribution is 9.10. The van der Waals surface area contributed by atoms with Crippen molar-refractivity contribution in [3.05, 3.63) is 29.8 Å². The standard InChI is InChI=1S/C18H25BrO3/c1-18(10-4-3-5-11-18)13-22-15-8-6-14(7-9-15)12-16(19)17(20)21-2/h6-9,16H,3-5,10-13H2,1-2H3. The van der Waals surface area contributed by atoms with E-state index in [1.54, 1.807) is 0 Å². The maximum Gasteiger partial charge on any atom is 0.319 e. The molecule has 2 rings (SSSR count). The number of carbonyl (C=O) groups excluding carboxylic acids is 1. The van der Waals surface area contributed by atoms with Crippen molar-refractivity contribution < 1.29 is 14.3 Å². The topological polar surface area (TPSA) is 35.5 Å². The molecule has 1 fully saturated rings. The molecular formula is C18H25BrO3. The number of halogens is 1. The van der Waals surface area contributed by atoms with E-state index < -0.39 is 0 Å². The largest absolute Gasteiger partial charge is 0.493 e. The van der Waals surface area contributed by atoms with Crippen LogP contribution in [0.15, 0.2) is 24.3 Å². The fourth-order valence-electron chi connectivity index (χ4n) is 2.95. The van der Waals surface area contributed by atoms with Gasteiger partial charge in [0, 0.05) is 5.41 Å². The highest BCUT2D eigenvalue weighted by Gasteiger charge is 2.27. The molecule has 0 heterocycles. The number of ether oxygens (including phenoxy) is 2. The molecule has 1 aromatic carbocycles. The number of benzene rings is 1. The van der Waals surface area contributed by atoms with Crippen LogP contribution in [0.2, 0.25) is 0 Å². The van der Waals surface area contributed by atoms with E-state index in [0.717, 1.165) is 17.9 Å². The lowest BCUT2D eigenvalue weighted by Crippen LogP contribution is -2.27. The van der Waals surface area contributed by atoms with Crippen LogP contribution in [0, 0.1) is 5.41 Å². The Hall–Kier alpha value is -1.03. The Labute approximate surface area is 141 Å². The van der Waals surface area contributed by atoms with Gasteiger partial charge in [-0.2, -0.15) is 0 Å². The van der Waals surface area contributed by atoms with Crippen LogP contribution >= 0.6 is 15.9 Å². The van der Waals surface area contributed by atoms with E-state index in [1.165, 1.54) is 39.2 Å². The number of hydrogen-bond donors (Lipinski definition) is 0. The number of carbonyl (C=O) groups is 1. The summed E-state index contributed by atoms with van der Waals surface area (Å²) in [5.74, 6) is 0.658. The van der Waals surface area contributed by atoms with Crippen LogP contribution in [0.3, 0.4) is 0 Å². The van der Waals surface area contributed by atoms with E-state index in [0.29, 0.717) is 11.8 Å². The third-order valence-electron chi connectivity index (χ3n) is 4.44. The van der Waals surface area contributed by atoms with Gasteiger partial charge in [0.05, 0.1) is 13.7 Å². The van der Waals surface area contributed by atoms with Crippen molar-refractivity contribution in [2.75, 3.05) is 13.7 Å². The predicted octanol–water partition coefficient (Wildman–Crippen LogP) is 4.51. The van der Waals surface area contributed by atoms with Crippen molar-refractivity contribution >= 4 is 21.9 Å². The van der Waals surface area contributed by atoms with E-state index in [-0.39, 0.29) is 10.8 Å². The molecule has 4 heteroatoms. The third kappa shape index (κ3) is 5.01. The highest BCUT2D eigenvalue weighted by Crippen LogP contribution is 2.36. The molecular weight excluding hydrogens is 344 g/mol. The maximum atomic E-state index is 11.4. The molecule has 0 bridgehead atoms. The summed E-state index contributed by atoms with van der Waals surface area (Å²) in [6.07, 6.45) is 7.13. The number of hydrogen-bond acceptors (Lipinski definition) is 3. The van der Waals surface area contributed by atoms with Gasteiger partial charge in [0.25, 0.3) is 0 Å². The molecule has 0 N–H and O–H groups in total. The van der Waals surface area contributed by atoms with Crippen molar-refractivity contribution in [1.82, 2.24) is 0 Å². The minimum absolute atomic E-state index is 0.245. The second-order valence-electron chi connectivity index (χ2n) is 6.50. The van der Waals surface area contributed by atoms with E-state index >= 15 is 0 Å². The average Bonchev–Trinajstić information content (AvgIpc) is 2.54. The average molecular weight is 369 g/mol. The highest BCUT2D eigenvalue weighted by atomic mass is 79.9. The predicted molar refractivity (Wildman–Crippen MR) is 91.6 cm³/mol. The number of rotatable bonds is 6. The van der Waals surface area contributed by atoms with Crippen molar-refractivity contribution in [1.29, 1.82) is 0 Å². The summed E-state index contributed by atoms with van der Waals surface area (Å²) in [5.41, 5.74) is 1.41. The molecule has 1 atom stereocenters. The van der Waals surface area contributed by atoms with Crippen molar-refractivity contribution in [2.45, 2.75) is 50.3 Å². The first-order chi connectivity index (χ1) is 10.5. The van der Waals surface area contributed by atoms with Gasteiger partial charge in [-0.25, -0.2) is 0 Å². The molecule has 1 unspecified atom stereocenters. The molecule has 1 aliphatic rings. The lowest BCUT2D eigenvalue weighted by molar-refractivity contribution is -0.139. The molecule has 1 saturated carbocycles. The van der Waals surface area contributed by atoms with Crippen LogP contribution in [-0.2, 0) is 16.0 Å². The van der Waals surface area contributed by atoms with Gasteiger partial charge in [-0.3, -0.25) is 4.79 Å². The van der Waals surface area contributed by atoms with Gasteiger partial charge in [-0.1, -0.05) is 54.2 Å². The van der Waals surface area contributed by atoms with Gasteiger partial charge in [0.1, 0.15) is 10.6 Å². The van der Waals surface area contributed by atoms with Gasteiger partial charge in [-0.05, 0) is 37.0 Å². The fraction of sp³-hybridized carbons (Fsp3) is 0.611. The van der Waals surface area contributed by atoms with E-state index in [9.17, 15) is 4.79 Å². The first-order valence-electron chi connectivity index (χ1n) is 7.96.